The lowest BCUT2D eigenvalue weighted by Crippen LogP contribution is -2.37. The lowest BCUT2D eigenvalue weighted by Gasteiger charge is -2.23. The maximum atomic E-state index is 12.4. The zero-order valence-corrected chi connectivity index (χ0v) is 16.7. The first-order chi connectivity index (χ1) is 13.1. The number of rotatable bonds is 8. The number of carbonyl (C=O) groups excluding carboxylic acids is 1. The number of nitrogens with one attached hydrogen (secondary N) is 1. The van der Waals surface area contributed by atoms with Crippen molar-refractivity contribution in [3.63, 3.8) is 0 Å². The van der Waals surface area contributed by atoms with Gasteiger partial charge in [0.25, 0.3) is 0 Å². The number of carbonyl (C=O) groups is 1. The van der Waals surface area contributed by atoms with Gasteiger partial charge in [-0.1, -0.05) is 24.6 Å². The first-order valence-electron chi connectivity index (χ1n) is 9.58. The summed E-state index contributed by atoms with van der Waals surface area (Å²) in [6.45, 7) is 7.99. The van der Waals surface area contributed by atoms with Gasteiger partial charge in [0, 0.05) is 24.2 Å². The van der Waals surface area contributed by atoms with Crippen molar-refractivity contribution in [2.24, 2.45) is 0 Å². The van der Waals surface area contributed by atoms with E-state index in [1.54, 1.807) is 17.8 Å². The average molecular weight is 391 g/mol. The summed E-state index contributed by atoms with van der Waals surface area (Å²) in [6, 6.07) is 8.00. The highest BCUT2D eigenvalue weighted by Crippen LogP contribution is 2.20. The second-order valence-electron chi connectivity index (χ2n) is 6.67. The molecule has 1 fully saturated rings. The Labute approximate surface area is 165 Å². The molecule has 7 heteroatoms. The fourth-order valence-electron chi connectivity index (χ4n) is 3.65. The fraction of sp³-hybridized carbons (Fsp3) is 0.500. The number of hydrogen-bond donors (Lipinski definition) is 1. The van der Waals surface area contributed by atoms with Gasteiger partial charge in [-0.3, -0.25) is 4.90 Å². The van der Waals surface area contributed by atoms with Crippen LogP contribution in [0.5, 0.6) is 0 Å². The van der Waals surface area contributed by atoms with Gasteiger partial charge in [0.05, 0.1) is 24.2 Å². The second kappa shape index (κ2) is 9.35. The van der Waals surface area contributed by atoms with Crippen molar-refractivity contribution in [2.75, 3.05) is 26.2 Å². The first kappa shape index (κ1) is 19.9. The summed E-state index contributed by atoms with van der Waals surface area (Å²) in [6.07, 6.45) is 4.03. The summed E-state index contributed by atoms with van der Waals surface area (Å²) in [5, 5.41) is 8.56. The zero-order chi connectivity index (χ0) is 19.2. The highest BCUT2D eigenvalue weighted by atomic mass is 35.5. The summed E-state index contributed by atoms with van der Waals surface area (Å²) in [5.41, 5.74) is 2.10. The van der Waals surface area contributed by atoms with Gasteiger partial charge in [-0.05, 0) is 51.1 Å². The summed E-state index contributed by atoms with van der Waals surface area (Å²) >= 11 is 6.13. The van der Waals surface area contributed by atoms with E-state index in [4.69, 9.17) is 16.3 Å². The fourth-order valence-corrected chi connectivity index (χ4v) is 3.84. The third-order valence-electron chi connectivity index (χ3n) is 4.99. The van der Waals surface area contributed by atoms with Crippen LogP contribution in [0.25, 0.3) is 5.69 Å². The Morgan fingerprint density at radius 1 is 1.41 bits per heavy atom. The zero-order valence-electron chi connectivity index (χ0n) is 15.9. The van der Waals surface area contributed by atoms with Crippen LogP contribution in [-0.2, 0) is 11.3 Å². The van der Waals surface area contributed by atoms with Gasteiger partial charge in [0.15, 0.2) is 0 Å². The number of esters is 1. The third-order valence-corrected chi connectivity index (χ3v) is 5.23. The highest BCUT2D eigenvalue weighted by molar-refractivity contribution is 6.30. The molecule has 0 spiro atoms. The van der Waals surface area contributed by atoms with Crippen molar-refractivity contribution in [2.45, 2.75) is 39.3 Å². The second-order valence-corrected chi connectivity index (χ2v) is 7.11. The Kier molecular flexibility index (Phi) is 6.88. The molecule has 0 bridgehead atoms. The maximum absolute atomic E-state index is 12.4. The lowest BCUT2D eigenvalue weighted by molar-refractivity contribution is 0.0525. The molecule has 1 unspecified atom stereocenters. The smallest absolute Gasteiger partial charge is 0.341 e. The highest BCUT2D eigenvalue weighted by Gasteiger charge is 2.24. The van der Waals surface area contributed by atoms with E-state index < -0.39 is 0 Å². The van der Waals surface area contributed by atoms with Crippen LogP contribution in [0.2, 0.25) is 5.02 Å². The Balaban J connectivity index is 1.80. The topological polar surface area (TPSA) is 59.4 Å². The van der Waals surface area contributed by atoms with Crippen LogP contribution >= 0.6 is 11.6 Å². The minimum atomic E-state index is -0.348. The van der Waals surface area contributed by atoms with Crippen LogP contribution < -0.4 is 5.32 Å². The van der Waals surface area contributed by atoms with E-state index in [2.05, 4.69) is 22.2 Å². The third kappa shape index (κ3) is 4.69. The van der Waals surface area contributed by atoms with Crippen LogP contribution in [0.1, 0.15) is 42.7 Å². The number of benzene rings is 1. The van der Waals surface area contributed by atoms with Crippen molar-refractivity contribution in [1.82, 2.24) is 20.0 Å². The predicted molar refractivity (Wildman–Crippen MR) is 107 cm³/mol. The number of ether oxygens (including phenoxy) is 1. The average Bonchev–Trinajstić information content (AvgIpc) is 3.28. The number of nitrogens with zero attached hydrogens (tertiary/aromatic N) is 3. The van der Waals surface area contributed by atoms with Crippen molar-refractivity contribution < 1.29 is 9.53 Å². The molecule has 0 amide bonds. The number of hydrogen-bond acceptors (Lipinski definition) is 5. The normalized spacial score (nSPS) is 17.4. The standard InChI is InChI=1S/C20H27ClN4O2/c1-3-24-10-6-9-17(24)12-22-14-19-18(20(26)27-4-2)13-23-25(19)16-8-5-7-15(21)11-16/h5,7-8,11,13,17,22H,3-4,6,9-10,12,14H2,1-2H3. The van der Waals surface area contributed by atoms with Crippen LogP contribution in [0, 0.1) is 0 Å². The van der Waals surface area contributed by atoms with Crippen LogP contribution in [-0.4, -0.2) is 52.9 Å². The van der Waals surface area contributed by atoms with Crippen molar-refractivity contribution in [3.05, 3.63) is 46.7 Å². The van der Waals surface area contributed by atoms with Gasteiger partial charge in [-0.15, -0.1) is 0 Å². The molecule has 2 aromatic rings. The Morgan fingerprint density at radius 2 is 2.26 bits per heavy atom. The van der Waals surface area contributed by atoms with E-state index in [1.807, 2.05) is 24.3 Å². The lowest BCUT2D eigenvalue weighted by atomic mass is 10.2. The molecule has 6 nitrogen and oxygen atoms in total. The quantitative estimate of drug-likeness (QED) is 0.701. The summed E-state index contributed by atoms with van der Waals surface area (Å²) in [5.74, 6) is -0.348. The van der Waals surface area contributed by atoms with Gasteiger partial charge in [-0.2, -0.15) is 5.10 Å². The SMILES string of the molecule is CCOC(=O)c1cnn(-c2cccc(Cl)c2)c1CNCC1CCCN1CC. The molecule has 1 aromatic heterocycles. The van der Waals surface area contributed by atoms with Gasteiger partial charge >= 0.3 is 5.97 Å². The Hall–Kier alpha value is -1.89. The predicted octanol–water partition coefficient (Wildman–Crippen LogP) is 3.28. The number of aromatic nitrogens is 2. The number of likely N-dealkylation sites (N-methyl/N-ethyl adjacent to an activating group) is 1. The van der Waals surface area contributed by atoms with Gasteiger partial charge in [0.2, 0.25) is 0 Å². The van der Waals surface area contributed by atoms with Crippen molar-refractivity contribution in [1.29, 1.82) is 0 Å². The maximum Gasteiger partial charge on any atom is 0.341 e. The Bertz CT molecular complexity index is 777. The molecule has 27 heavy (non-hydrogen) atoms. The van der Waals surface area contributed by atoms with Crippen LogP contribution in [0.4, 0.5) is 0 Å². The summed E-state index contributed by atoms with van der Waals surface area (Å²) in [4.78, 5) is 14.9. The van der Waals surface area contributed by atoms with E-state index in [0.29, 0.717) is 29.8 Å². The Morgan fingerprint density at radius 3 is 3.00 bits per heavy atom. The largest absolute Gasteiger partial charge is 0.462 e. The molecule has 1 atom stereocenters. The molecule has 1 N–H and O–H groups in total. The molecule has 3 rings (SSSR count). The van der Waals surface area contributed by atoms with E-state index >= 15 is 0 Å². The van der Waals surface area contributed by atoms with E-state index in [1.165, 1.54) is 12.8 Å². The molecule has 146 valence electrons. The van der Waals surface area contributed by atoms with E-state index in [0.717, 1.165) is 31.0 Å². The molecule has 0 radical (unpaired) electrons. The van der Waals surface area contributed by atoms with Crippen LogP contribution in [0.15, 0.2) is 30.5 Å². The molecule has 2 heterocycles. The van der Waals surface area contributed by atoms with Crippen molar-refractivity contribution >= 4 is 17.6 Å². The van der Waals surface area contributed by atoms with Crippen molar-refractivity contribution in [3.8, 4) is 5.69 Å². The van der Waals surface area contributed by atoms with Gasteiger partial charge < -0.3 is 10.1 Å². The van der Waals surface area contributed by atoms with Gasteiger partial charge in [0.1, 0.15) is 5.56 Å². The van der Waals surface area contributed by atoms with E-state index in [-0.39, 0.29) is 5.97 Å². The minimum Gasteiger partial charge on any atom is -0.462 e. The first-order valence-corrected chi connectivity index (χ1v) is 9.96. The molecule has 0 saturated carbocycles. The number of halogens is 1. The summed E-state index contributed by atoms with van der Waals surface area (Å²) in [7, 11) is 0. The van der Waals surface area contributed by atoms with Gasteiger partial charge in [-0.25, -0.2) is 9.48 Å². The molecule has 1 saturated heterocycles. The monoisotopic (exact) mass is 390 g/mol. The van der Waals surface area contributed by atoms with E-state index in [9.17, 15) is 4.79 Å². The molecule has 0 aliphatic carbocycles. The molecular weight excluding hydrogens is 364 g/mol. The molecule has 1 aromatic carbocycles. The molecular formula is C20H27ClN4O2. The van der Waals surface area contributed by atoms with Crippen LogP contribution in [0.3, 0.4) is 0 Å². The number of likely N-dealkylation sites (tertiary alicyclic amines) is 1. The molecule has 1 aliphatic rings. The molecule has 1 aliphatic heterocycles. The summed E-state index contributed by atoms with van der Waals surface area (Å²) < 4.78 is 6.96. The minimum absolute atomic E-state index is 0.335.